The Kier molecular flexibility index (Phi) is 25.3. The van der Waals surface area contributed by atoms with E-state index in [4.69, 9.17) is 42.1 Å². The minimum absolute atomic E-state index is 0.418. The Bertz CT molecular complexity index is 771. The van der Waals surface area contributed by atoms with E-state index in [1.807, 2.05) is 50.3 Å². The van der Waals surface area contributed by atoms with Crippen LogP contribution in [0.1, 0.15) is 0 Å². The maximum absolute atomic E-state index is 9.11. The number of hydrogen-bond acceptors (Lipinski definition) is 20. The molecular formula is C8B7N8S12. The molecule has 165 valence electrons. The van der Waals surface area contributed by atoms with Gasteiger partial charge in [0.15, 0.2) is 0 Å². The van der Waals surface area contributed by atoms with E-state index >= 15 is 0 Å². The summed E-state index contributed by atoms with van der Waals surface area (Å²) in [5.41, 5.74) is 0. The second-order valence-corrected chi connectivity index (χ2v) is 20.6. The predicted molar refractivity (Wildman–Crippen MR) is 176 cm³/mol. The molecule has 8 nitrogen and oxygen atoms in total. The molecule has 0 saturated carbocycles. The fraction of sp³-hybridized carbons (Fsp3) is 0. The Morgan fingerprint density at radius 2 is 0.514 bits per heavy atom. The first kappa shape index (κ1) is 35.6. The van der Waals surface area contributed by atoms with Gasteiger partial charge in [-0.05, 0) is 0 Å². The summed E-state index contributed by atoms with van der Waals surface area (Å²) >= 11 is 12.3. The van der Waals surface area contributed by atoms with Crippen LogP contribution in [0.15, 0.2) is 0 Å². The highest BCUT2D eigenvalue weighted by molar-refractivity contribution is 9.01. The van der Waals surface area contributed by atoms with Gasteiger partial charge in [-0.1, -0.05) is 92.9 Å². The molecule has 0 aromatic rings. The molecule has 0 aromatic carbocycles. The van der Waals surface area contributed by atoms with Gasteiger partial charge < -0.3 is 0 Å². The Hall–Kier alpha value is 0.575. The molecular weight excluding hydrogens is 669 g/mol. The van der Waals surface area contributed by atoms with Crippen molar-refractivity contribution in [3.63, 3.8) is 0 Å². The SMILES string of the molecule is N#CSB(SC#N)SB([B]B(SB(SC#N)SC#N)SB(SC#N)SC#N)SB(SC#N)SC#N. The number of nitriles is 8. The summed E-state index contributed by atoms with van der Waals surface area (Å²) in [6, 6.07) is 0. The van der Waals surface area contributed by atoms with Crippen LogP contribution >= 0.6 is 139 Å². The molecule has 0 atom stereocenters. The molecule has 35 heavy (non-hydrogen) atoms. The maximum Gasteiger partial charge on any atom is 0.363 e. The van der Waals surface area contributed by atoms with Gasteiger partial charge in [0.1, 0.15) is 43.2 Å². The summed E-state index contributed by atoms with van der Waals surface area (Å²) in [5.74, 6) is 0. The predicted octanol–water partition coefficient (Wildman–Crippen LogP) is 5.25. The van der Waals surface area contributed by atoms with Crippen molar-refractivity contribution in [1.29, 1.82) is 42.1 Å². The van der Waals surface area contributed by atoms with E-state index < -0.39 is 28.5 Å². The molecule has 0 aromatic heterocycles. The van der Waals surface area contributed by atoms with E-state index in [9.17, 15) is 0 Å². The lowest BCUT2D eigenvalue weighted by Crippen LogP contribution is -2.34. The average molecular weight is 669 g/mol. The summed E-state index contributed by atoms with van der Waals surface area (Å²) < 4.78 is -1.93. The molecule has 0 heterocycles. The fourth-order valence-corrected chi connectivity index (χ4v) is 15.4. The first-order valence-electron chi connectivity index (χ1n) is 7.86. The van der Waals surface area contributed by atoms with Crippen molar-refractivity contribution in [2.45, 2.75) is 0 Å². The average Bonchev–Trinajstić information content (AvgIpc) is 2.80. The zero-order valence-electron chi connectivity index (χ0n) is 16.5. The van der Waals surface area contributed by atoms with E-state index in [0.717, 1.165) is 92.9 Å². The molecule has 0 bridgehead atoms. The first-order chi connectivity index (χ1) is 17.0. The van der Waals surface area contributed by atoms with Gasteiger partial charge in [-0.15, -0.1) is 0 Å². The van der Waals surface area contributed by atoms with E-state index in [2.05, 4.69) is 0 Å². The van der Waals surface area contributed by atoms with Gasteiger partial charge in [0, 0.05) is 0 Å². The van der Waals surface area contributed by atoms with Crippen LogP contribution in [0.3, 0.4) is 0 Å². The van der Waals surface area contributed by atoms with Crippen molar-refractivity contribution < 1.29 is 0 Å². The number of hydrogen-bond donors (Lipinski definition) is 0. The summed E-state index contributed by atoms with van der Waals surface area (Å²) in [7, 11) is 1.86. The maximum atomic E-state index is 9.11. The van der Waals surface area contributed by atoms with E-state index in [-0.39, 0.29) is 0 Å². The highest BCUT2D eigenvalue weighted by atomic mass is 32.3. The molecule has 0 amide bonds. The standard InChI is InChI=1S/C8B7N8S12/c16-1-24-12(25-2-17)32-10(33-13(26-3-18)27-4-19)9-11(34-14(28-5-20)29-6-21)35-15(30-7-22)31-8-23. The van der Waals surface area contributed by atoms with Crippen LogP contribution in [0.2, 0.25) is 0 Å². The summed E-state index contributed by atoms with van der Waals surface area (Å²) in [5, 5.41) is 87.7. The van der Waals surface area contributed by atoms with Crippen molar-refractivity contribution in [3.05, 3.63) is 0 Å². The fourth-order valence-electron chi connectivity index (χ4n) is 1.47. The lowest BCUT2D eigenvalue weighted by molar-refractivity contribution is 1.57. The molecule has 0 aliphatic heterocycles. The largest absolute Gasteiger partial charge is 0.363 e. The molecule has 27 heteroatoms. The topological polar surface area (TPSA) is 190 Å². The summed E-state index contributed by atoms with van der Waals surface area (Å²) in [6.07, 6.45) is 0. The number of rotatable bonds is 18. The molecule has 0 unspecified atom stereocenters. The lowest BCUT2D eigenvalue weighted by atomic mass is 9.35. The lowest BCUT2D eigenvalue weighted by Gasteiger charge is -2.22. The molecule has 0 fully saturated rings. The second-order valence-electron chi connectivity index (χ2n) is 4.30. The van der Waals surface area contributed by atoms with Crippen molar-refractivity contribution in [2.75, 3.05) is 0 Å². The van der Waals surface area contributed by atoms with Crippen molar-refractivity contribution in [3.8, 4) is 43.2 Å². The van der Waals surface area contributed by atoms with Crippen LogP contribution < -0.4 is 0 Å². The number of thiocyanates is 8. The van der Waals surface area contributed by atoms with E-state index in [1.165, 1.54) is 45.9 Å². The van der Waals surface area contributed by atoms with Gasteiger partial charge in [-0.25, -0.2) is 45.9 Å². The highest BCUT2D eigenvalue weighted by Crippen LogP contribution is 2.43. The summed E-state index contributed by atoms with van der Waals surface area (Å²) in [4.78, 5) is 0. The Balaban J connectivity index is 6.00. The van der Waals surface area contributed by atoms with E-state index in [0.29, 0.717) is 0 Å². The Labute approximate surface area is 256 Å². The third kappa shape index (κ3) is 18.5. The van der Waals surface area contributed by atoms with Gasteiger partial charge >= 0.3 is 18.2 Å². The van der Waals surface area contributed by atoms with Gasteiger partial charge in [-0.2, -0.15) is 42.1 Å². The monoisotopic (exact) mass is 669 g/mol. The molecule has 0 aliphatic carbocycles. The third-order valence-electron chi connectivity index (χ3n) is 2.49. The first-order valence-corrected chi connectivity index (χ1v) is 18.7. The molecule has 0 spiro atoms. The van der Waals surface area contributed by atoms with Crippen LogP contribution in [-0.4, -0.2) is 35.6 Å². The van der Waals surface area contributed by atoms with Gasteiger partial charge in [-0.3, -0.25) is 0 Å². The third-order valence-corrected chi connectivity index (χ3v) is 16.1. The zero-order chi connectivity index (χ0) is 26.3. The molecule has 0 rings (SSSR count). The van der Waals surface area contributed by atoms with Gasteiger partial charge in [0.25, 0.3) is 0 Å². The zero-order valence-corrected chi connectivity index (χ0v) is 26.3. The molecule has 0 saturated heterocycles. The Morgan fingerprint density at radius 1 is 0.343 bits per heavy atom. The summed E-state index contributed by atoms with van der Waals surface area (Å²) in [6.45, 7) is 0. The van der Waals surface area contributed by atoms with Crippen LogP contribution in [0.5, 0.6) is 0 Å². The highest BCUT2D eigenvalue weighted by Gasteiger charge is 2.38. The molecule has 1 radical (unpaired) electrons. The van der Waals surface area contributed by atoms with Gasteiger partial charge in [0.05, 0.1) is 7.06 Å². The van der Waals surface area contributed by atoms with E-state index in [1.54, 1.807) is 0 Å². The smallest absolute Gasteiger partial charge is 0.227 e. The molecule has 0 N–H and O–H groups in total. The number of nitrogens with zero attached hydrogens (tertiary/aromatic N) is 8. The minimum Gasteiger partial charge on any atom is -0.227 e. The molecule has 0 aliphatic rings. The van der Waals surface area contributed by atoms with Crippen LogP contribution in [0, 0.1) is 85.3 Å². The second kappa shape index (κ2) is 24.9. The Morgan fingerprint density at radius 3 is 0.657 bits per heavy atom. The van der Waals surface area contributed by atoms with Crippen molar-refractivity contribution in [2.24, 2.45) is 0 Å². The van der Waals surface area contributed by atoms with Crippen molar-refractivity contribution >= 4 is 174 Å². The quantitative estimate of drug-likeness (QED) is 0.136. The van der Waals surface area contributed by atoms with Crippen LogP contribution in [0.4, 0.5) is 0 Å². The minimum atomic E-state index is -0.482. The van der Waals surface area contributed by atoms with Gasteiger partial charge in [0.2, 0.25) is 10.3 Å². The normalized spacial score (nSPS) is 8.57. The van der Waals surface area contributed by atoms with Crippen LogP contribution in [0.25, 0.3) is 0 Å². The van der Waals surface area contributed by atoms with Crippen LogP contribution in [-0.2, 0) is 0 Å². The van der Waals surface area contributed by atoms with Crippen molar-refractivity contribution in [1.82, 2.24) is 0 Å².